The molecule has 0 amide bonds. The number of rotatable bonds is 5. The maximum absolute atomic E-state index is 12.7. The van der Waals surface area contributed by atoms with Crippen LogP contribution in [0.2, 0.25) is 0 Å². The van der Waals surface area contributed by atoms with Crippen molar-refractivity contribution in [3.05, 3.63) is 68.5 Å². The van der Waals surface area contributed by atoms with E-state index in [1.807, 2.05) is 0 Å². The Morgan fingerprint density at radius 3 is 2.40 bits per heavy atom. The molecule has 0 aliphatic rings. The summed E-state index contributed by atoms with van der Waals surface area (Å²) in [6.07, 6.45) is 1.74. The number of carbonyl (C=O) groups is 1. The molecule has 0 saturated heterocycles. The molecule has 2 aromatic heterocycles. The van der Waals surface area contributed by atoms with Gasteiger partial charge in [-0.25, -0.2) is 4.79 Å². The van der Waals surface area contributed by atoms with Crippen LogP contribution < -0.4 is 19.6 Å². The lowest BCUT2D eigenvalue weighted by Crippen LogP contribution is -2.23. The Bertz CT molecular complexity index is 1340. The van der Waals surface area contributed by atoms with Crippen molar-refractivity contribution < 1.29 is 19.0 Å². The first-order valence-electron chi connectivity index (χ1n) is 8.86. The van der Waals surface area contributed by atoms with Gasteiger partial charge in [0.2, 0.25) is 4.96 Å². The van der Waals surface area contributed by atoms with Crippen molar-refractivity contribution in [3.63, 3.8) is 0 Å². The van der Waals surface area contributed by atoms with E-state index in [9.17, 15) is 9.59 Å². The molecule has 0 unspecified atom stereocenters. The molecular formula is C21H17N3O5S. The fraction of sp³-hybridized carbons (Fsp3) is 0.143. The first-order valence-corrected chi connectivity index (χ1v) is 9.67. The molecule has 4 aromatic rings. The Hall–Kier alpha value is -3.72. The van der Waals surface area contributed by atoms with E-state index in [0.717, 1.165) is 5.56 Å². The van der Waals surface area contributed by atoms with Crippen LogP contribution >= 0.6 is 11.3 Å². The van der Waals surface area contributed by atoms with Crippen molar-refractivity contribution >= 4 is 28.3 Å². The third-order valence-electron chi connectivity index (χ3n) is 4.45. The Balaban J connectivity index is 1.70. The van der Waals surface area contributed by atoms with Crippen molar-refractivity contribution in [2.24, 2.45) is 0 Å². The number of ether oxygens (including phenoxy) is 3. The smallest absolute Gasteiger partial charge is 0.337 e. The molecule has 0 radical (unpaired) electrons. The molecular weight excluding hydrogens is 406 g/mol. The van der Waals surface area contributed by atoms with Crippen molar-refractivity contribution in [3.8, 4) is 22.9 Å². The fourth-order valence-electron chi connectivity index (χ4n) is 2.92. The van der Waals surface area contributed by atoms with Crippen molar-refractivity contribution in [1.82, 2.24) is 14.6 Å². The molecule has 0 saturated carbocycles. The number of hydrogen-bond donors (Lipinski definition) is 0. The number of aromatic nitrogens is 3. The molecule has 0 aliphatic heterocycles. The predicted octanol–water partition coefficient (Wildman–Crippen LogP) is 2.17. The Kier molecular flexibility index (Phi) is 5.20. The average molecular weight is 423 g/mol. The Morgan fingerprint density at radius 1 is 1.03 bits per heavy atom. The molecule has 9 heteroatoms. The van der Waals surface area contributed by atoms with E-state index in [0.29, 0.717) is 37.9 Å². The highest BCUT2D eigenvalue weighted by molar-refractivity contribution is 7.15. The zero-order chi connectivity index (χ0) is 21.3. The standard InChI is InChI=1S/C21H17N3O5S/c1-27-15-9-8-14(11-16(15)28-2)18-22-21-24(23-18)19(25)17(30-21)10-12-4-6-13(7-5-12)20(26)29-3/h4-11H,1-3H3. The van der Waals surface area contributed by atoms with Crippen molar-refractivity contribution in [1.29, 1.82) is 0 Å². The third kappa shape index (κ3) is 3.50. The summed E-state index contributed by atoms with van der Waals surface area (Å²) in [5.74, 6) is 1.17. The Morgan fingerprint density at radius 2 is 1.77 bits per heavy atom. The molecule has 0 fully saturated rings. The monoisotopic (exact) mass is 423 g/mol. The Labute approximate surface area is 175 Å². The fourth-order valence-corrected chi connectivity index (χ4v) is 3.82. The van der Waals surface area contributed by atoms with E-state index in [1.165, 1.54) is 23.0 Å². The summed E-state index contributed by atoms with van der Waals surface area (Å²) in [6, 6.07) is 12.1. The highest BCUT2D eigenvalue weighted by Crippen LogP contribution is 2.31. The number of carbonyl (C=O) groups excluding carboxylic acids is 1. The summed E-state index contributed by atoms with van der Waals surface area (Å²) in [6.45, 7) is 0. The summed E-state index contributed by atoms with van der Waals surface area (Å²) in [5.41, 5.74) is 1.68. The molecule has 0 spiro atoms. The normalized spacial score (nSPS) is 11.6. The maximum atomic E-state index is 12.7. The van der Waals surface area contributed by atoms with Gasteiger partial charge >= 0.3 is 5.97 Å². The molecule has 2 aromatic carbocycles. The number of fused-ring (bicyclic) bond motifs is 1. The number of esters is 1. The van der Waals surface area contributed by atoms with Gasteiger partial charge in [0.25, 0.3) is 5.56 Å². The van der Waals surface area contributed by atoms with Gasteiger partial charge in [-0.1, -0.05) is 23.5 Å². The van der Waals surface area contributed by atoms with Crippen molar-refractivity contribution in [2.45, 2.75) is 0 Å². The molecule has 2 heterocycles. The van der Waals surface area contributed by atoms with E-state index < -0.39 is 5.97 Å². The average Bonchev–Trinajstić information content (AvgIpc) is 3.32. The number of hydrogen-bond acceptors (Lipinski definition) is 8. The lowest BCUT2D eigenvalue weighted by atomic mass is 10.1. The van der Waals surface area contributed by atoms with E-state index in [4.69, 9.17) is 9.47 Å². The minimum atomic E-state index is -0.410. The van der Waals surface area contributed by atoms with Crippen LogP contribution in [-0.4, -0.2) is 41.9 Å². The van der Waals surface area contributed by atoms with E-state index in [2.05, 4.69) is 14.8 Å². The van der Waals surface area contributed by atoms with Gasteiger partial charge in [0.1, 0.15) is 0 Å². The molecule has 0 atom stereocenters. The quantitative estimate of drug-likeness (QED) is 0.454. The van der Waals surface area contributed by atoms with Gasteiger partial charge < -0.3 is 14.2 Å². The van der Waals surface area contributed by atoms with Gasteiger partial charge in [-0.05, 0) is 42.0 Å². The molecule has 0 N–H and O–H groups in total. The third-order valence-corrected chi connectivity index (χ3v) is 5.41. The predicted molar refractivity (Wildman–Crippen MR) is 112 cm³/mol. The van der Waals surface area contributed by atoms with Crippen LogP contribution in [0.15, 0.2) is 47.3 Å². The zero-order valence-corrected chi connectivity index (χ0v) is 17.2. The first-order chi connectivity index (χ1) is 14.5. The molecule has 0 bridgehead atoms. The largest absolute Gasteiger partial charge is 0.493 e. The topological polar surface area (TPSA) is 92.0 Å². The van der Waals surface area contributed by atoms with Crippen LogP contribution in [0.5, 0.6) is 11.5 Å². The summed E-state index contributed by atoms with van der Waals surface area (Å²) in [7, 11) is 4.44. The summed E-state index contributed by atoms with van der Waals surface area (Å²) in [4.78, 5) is 29.2. The maximum Gasteiger partial charge on any atom is 0.337 e. The molecule has 0 aliphatic carbocycles. The molecule has 30 heavy (non-hydrogen) atoms. The van der Waals surface area contributed by atoms with Crippen molar-refractivity contribution in [2.75, 3.05) is 21.3 Å². The number of benzene rings is 2. The molecule has 8 nitrogen and oxygen atoms in total. The summed E-state index contributed by atoms with van der Waals surface area (Å²) in [5, 5.41) is 4.35. The second-order valence-corrected chi connectivity index (χ2v) is 7.24. The lowest BCUT2D eigenvalue weighted by Gasteiger charge is -2.07. The van der Waals surface area contributed by atoms with E-state index in [-0.39, 0.29) is 5.56 Å². The highest BCUT2D eigenvalue weighted by Gasteiger charge is 2.14. The SMILES string of the molecule is COC(=O)c1ccc(C=c2sc3nc(-c4ccc(OC)c(OC)c4)nn3c2=O)cc1. The van der Waals surface area contributed by atoms with E-state index in [1.54, 1.807) is 62.8 Å². The van der Waals surface area contributed by atoms with Crippen LogP contribution in [0.25, 0.3) is 22.4 Å². The molecule has 4 rings (SSSR count). The van der Waals surface area contributed by atoms with E-state index >= 15 is 0 Å². The minimum absolute atomic E-state index is 0.258. The van der Waals surface area contributed by atoms with Gasteiger partial charge in [-0.15, -0.1) is 5.10 Å². The van der Waals surface area contributed by atoms with Crippen LogP contribution in [0, 0.1) is 0 Å². The number of methoxy groups -OCH3 is 3. The molecule has 152 valence electrons. The first kappa shape index (κ1) is 19.6. The van der Waals surface area contributed by atoms with Gasteiger partial charge in [-0.2, -0.15) is 9.50 Å². The van der Waals surface area contributed by atoms with Gasteiger partial charge in [0, 0.05) is 5.56 Å². The summed E-state index contributed by atoms with van der Waals surface area (Å²) < 4.78 is 17.0. The minimum Gasteiger partial charge on any atom is -0.493 e. The number of nitrogens with zero attached hydrogens (tertiary/aromatic N) is 3. The van der Waals surface area contributed by atoms with Crippen LogP contribution in [0.3, 0.4) is 0 Å². The zero-order valence-electron chi connectivity index (χ0n) is 16.4. The summed E-state index contributed by atoms with van der Waals surface area (Å²) >= 11 is 1.24. The van der Waals surface area contributed by atoms with Gasteiger partial charge in [0.15, 0.2) is 17.3 Å². The van der Waals surface area contributed by atoms with Gasteiger partial charge in [-0.3, -0.25) is 4.79 Å². The lowest BCUT2D eigenvalue weighted by molar-refractivity contribution is 0.0600. The van der Waals surface area contributed by atoms with Crippen LogP contribution in [0.4, 0.5) is 0 Å². The second-order valence-electron chi connectivity index (χ2n) is 6.23. The van der Waals surface area contributed by atoms with Crippen LogP contribution in [0.1, 0.15) is 15.9 Å². The van der Waals surface area contributed by atoms with Crippen LogP contribution in [-0.2, 0) is 4.74 Å². The number of thiazole rings is 1. The second kappa shape index (κ2) is 7.96. The van der Waals surface area contributed by atoms with Gasteiger partial charge in [0.05, 0.1) is 31.4 Å². The highest BCUT2D eigenvalue weighted by atomic mass is 32.1.